The van der Waals surface area contributed by atoms with E-state index in [0.717, 1.165) is 10.6 Å². The van der Waals surface area contributed by atoms with Gasteiger partial charge in [-0.25, -0.2) is 8.42 Å². The van der Waals surface area contributed by atoms with E-state index in [4.69, 9.17) is 32.7 Å². The number of nitrogens with one attached hydrogen (secondary N) is 1. The fourth-order valence-corrected chi connectivity index (χ4v) is 4.79. The van der Waals surface area contributed by atoms with E-state index in [-0.39, 0.29) is 24.2 Å². The number of hydrogen-bond acceptors (Lipinski definition) is 6. The summed E-state index contributed by atoms with van der Waals surface area (Å²) in [4.78, 5) is 27.9. The van der Waals surface area contributed by atoms with Crippen molar-refractivity contribution in [2.24, 2.45) is 0 Å². The summed E-state index contributed by atoms with van der Waals surface area (Å²) < 4.78 is 37.0. The number of methoxy groups -OCH3 is 2. The molecule has 0 fully saturated rings. The third-order valence-electron chi connectivity index (χ3n) is 5.86. The lowest BCUT2D eigenvalue weighted by Crippen LogP contribution is -2.52. The largest absolute Gasteiger partial charge is 0.493 e. The molecule has 12 heteroatoms. The van der Waals surface area contributed by atoms with Crippen LogP contribution in [-0.2, 0) is 26.2 Å². The lowest BCUT2D eigenvalue weighted by Gasteiger charge is -2.32. The van der Waals surface area contributed by atoms with E-state index in [2.05, 4.69) is 5.32 Å². The SMILES string of the molecule is CC[C@H](C)NC(=O)[C@H](C)N(Cc1ccc(Cl)cc1Cl)C(=O)CN(c1ccc(OC)c(OC)c1)S(C)(=O)=O. The van der Waals surface area contributed by atoms with Crippen molar-refractivity contribution in [2.45, 2.75) is 45.8 Å². The molecule has 0 spiro atoms. The molecule has 2 amide bonds. The maximum atomic E-state index is 13.6. The maximum Gasteiger partial charge on any atom is 0.244 e. The van der Waals surface area contributed by atoms with Crippen LogP contribution in [-0.4, -0.2) is 64.2 Å². The zero-order valence-electron chi connectivity index (χ0n) is 21.7. The Labute approximate surface area is 228 Å². The standard InChI is InChI=1S/C25H33Cl2N3O6S/c1-7-16(2)28-25(32)17(3)29(14-18-8-9-19(26)12-21(18)27)24(31)15-30(37(6,33)34)20-10-11-22(35-4)23(13-20)36-5/h8-13,16-17H,7,14-15H2,1-6H3,(H,28,32)/t16-,17-/m0/s1. The van der Waals surface area contributed by atoms with Gasteiger partial charge in [-0.15, -0.1) is 0 Å². The summed E-state index contributed by atoms with van der Waals surface area (Å²) in [5.41, 5.74) is 0.759. The fourth-order valence-electron chi connectivity index (χ4n) is 3.48. The van der Waals surface area contributed by atoms with Gasteiger partial charge in [0.15, 0.2) is 11.5 Å². The molecule has 0 unspecified atom stereocenters. The Morgan fingerprint density at radius 3 is 2.22 bits per heavy atom. The molecule has 1 N–H and O–H groups in total. The molecule has 204 valence electrons. The highest BCUT2D eigenvalue weighted by molar-refractivity contribution is 7.92. The molecule has 2 aromatic carbocycles. The van der Waals surface area contributed by atoms with Gasteiger partial charge in [0, 0.05) is 28.7 Å². The summed E-state index contributed by atoms with van der Waals surface area (Å²) >= 11 is 12.4. The summed E-state index contributed by atoms with van der Waals surface area (Å²) in [6.45, 7) is 4.78. The summed E-state index contributed by atoms with van der Waals surface area (Å²) in [5.74, 6) is -0.268. The van der Waals surface area contributed by atoms with E-state index >= 15 is 0 Å². The number of amides is 2. The highest BCUT2D eigenvalue weighted by Gasteiger charge is 2.31. The molecule has 0 aliphatic rings. The zero-order chi connectivity index (χ0) is 27.9. The maximum absolute atomic E-state index is 13.6. The molecule has 0 bridgehead atoms. The Morgan fingerprint density at radius 2 is 1.68 bits per heavy atom. The number of nitrogens with zero attached hydrogens (tertiary/aromatic N) is 2. The molecule has 0 aliphatic heterocycles. The smallest absolute Gasteiger partial charge is 0.244 e. The van der Waals surface area contributed by atoms with E-state index in [9.17, 15) is 18.0 Å². The van der Waals surface area contributed by atoms with Gasteiger partial charge in [0.2, 0.25) is 21.8 Å². The predicted molar refractivity (Wildman–Crippen MR) is 146 cm³/mol. The molecule has 9 nitrogen and oxygen atoms in total. The normalized spacial score (nSPS) is 12.9. The van der Waals surface area contributed by atoms with E-state index in [1.165, 1.54) is 37.3 Å². The van der Waals surface area contributed by atoms with Gasteiger partial charge < -0.3 is 19.7 Å². The van der Waals surface area contributed by atoms with Crippen LogP contribution in [0.4, 0.5) is 5.69 Å². The monoisotopic (exact) mass is 573 g/mol. The molecule has 0 radical (unpaired) electrons. The number of rotatable bonds is 12. The Bertz CT molecular complexity index is 1220. The fraction of sp³-hybridized carbons (Fsp3) is 0.440. The summed E-state index contributed by atoms with van der Waals surface area (Å²) in [6, 6.07) is 8.32. The van der Waals surface area contributed by atoms with Crippen molar-refractivity contribution >= 4 is 50.7 Å². The van der Waals surface area contributed by atoms with Gasteiger partial charge in [0.05, 0.1) is 26.2 Å². The van der Waals surface area contributed by atoms with Crippen molar-refractivity contribution in [3.63, 3.8) is 0 Å². The van der Waals surface area contributed by atoms with Crippen LogP contribution in [0, 0.1) is 0 Å². The van der Waals surface area contributed by atoms with E-state index in [0.29, 0.717) is 33.5 Å². The van der Waals surface area contributed by atoms with Crippen molar-refractivity contribution in [1.29, 1.82) is 0 Å². The number of sulfonamides is 1. The minimum Gasteiger partial charge on any atom is -0.493 e. The highest BCUT2D eigenvalue weighted by atomic mass is 35.5. The first-order valence-corrected chi connectivity index (χ1v) is 14.2. The Kier molecular flexibility index (Phi) is 10.9. The second-order valence-electron chi connectivity index (χ2n) is 8.56. The Morgan fingerprint density at radius 1 is 1.03 bits per heavy atom. The minimum atomic E-state index is -3.90. The third-order valence-corrected chi connectivity index (χ3v) is 7.59. The van der Waals surface area contributed by atoms with E-state index < -0.39 is 28.5 Å². The molecule has 0 saturated heterocycles. The average Bonchev–Trinajstić information content (AvgIpc) is 2.84. The van der Waals surface area contributed by atoms with Gasteiger partial charge >= 0.3 is 0 Å². The number of hydrogen-bond donors (Lipinski definition) is 1. The number of carbonyl (C=O) groups excluding carboxylic acids is 2. The molecular weight excluding hydrogens is 541 g/mol. The molecule has 0 aliphatic carbocycles. The van der Waals surface area contributed by atoms with Crippen molar-refractivity contribution in [3.8, 4) is 11.5 Å². The topological polar surface area (TPSA) is 105 Å². The van der Waals surface area contributed by atoms with Gasteiger partial charge in [-0.2, -0.15) is 0 Å². The second-order valence-corrected chi connectivity index (χ2v) is 11.3. The summed E-state index contributed by atoms with van der Waals surface area (Å²) in [5, 5.41) is 3.61. The lowest BCUT2D eigenvalue weighted by atomic mass is 10.1. The van der Waals surface area contributed by atoms with Crippen LogP contribution in [0.5, 0.6) is 11.5 Å². The second kappa shape index (κ2) is 13.2. The van der Waals surface area contributed by atoms with Gasteiger partial charge in [-0.1, -0.05) is 36.2 Å². The first-order chi connectivity index (χ1) is 17.3. The van der Waals surface area contributed by atoms with Crippen LogP contribution >= 0.6 is 23.2 Å². The number of ether oxygens (including phenoxy) is 2. The van der Waals surface area contributed by atoms with Crippen molar-refractivity contribution in [2.75, 3.05) is 31.3 Å². The van der Waals surface area contributed by atoms with E-state index in [1.54, 1.807) is 25.1 Å². The van der Waals surface area contributed by atoms with Crippen LogP contribution in [0.3, 0.4) is 0 Å². The first kappa shape index (κ1) is 30.5. The molecule has 37 heavy (non-hydrogen) atoms. The minimum absolute atomic E-state index is 0.0343. The van der Waals surface area contributed by atoms with E-state index in [1.807, 2.05) is 13.8 Å². The lowest BCUT2D eigenvalue weighted by molar-refractivity contribution is -0.139. The molecular formula is C25H33Cl2N3O6S. The Hall–Kier alpha value is -2.69. The van der Waals surface area contributed by atoms with Crippen LogP contribution in [0.15, 0.2) is 36.4 Å². The van der Waals surface area contributed by atoms with Crippen LogP contribution in [0.2, 0.25) is 10.0 Å². The third kappa shape index (κ3) is 8.15. The predicted octanol–water partition coefficient (Wildman–Crippen LogP) is 4.11. The first-order valence-electron chi connectivity index (χ1n) is 11.6. The van der Waals surface area contributed by atoms with Gasteiger partial charge in [0.25, 0.3) is 0 Å². The van der Waals surface area contributed by atoms with Gasteiger partial charge in [0.1, 0.15) is 12.6 Å². The number of halogens is 2. The number of carbonyl (C=O) groups is 2. The molecule has 2 atom stereocenters. The molecule has 0 aromatic heterocycles. The van der Waals surface area contributed by atoms with Crippen LogP contribution in [0.1, 0.15) is 32.8 Å². The van der Waals surface area contributed by atoms with Gasteiger partial charge in [-0.05, 0) is 50.1 Å². The molecule has 2 rings (SSSR count). The van der Waals surface area contributed by atoms with Crippen molar-refractivity contribution < 1.29 is 27.5 Å². The summed E-state index contributed by atoms with van der Waals surface area (Å²) in [7, 11) is -1.02. The Balaban J connectivity index is 2.47. The highest BCUT2D eigenvalue weighted by Crippen LogP contribution is 2.32. The average molecular weight is 575 g/mol. The molecule has 0 saturated carbocycles. The zero-order valence-corrected chi connectivity index (χ0v) is 24.1. The molecule has 0 heterocycles. The number of benzene rings is 2. The van der Waals surface area contributed by atoms with Crippen molar-refractivity contribution in [1.82, 2.24) is 10.2 Å². The number of anilines is 1. The quantitative estimate of drug-likeness (QED) is 0.409. The summed E-state index contributed by atoms with van der Waals surface area (Å²) in [6.07, 6.45) is 1.70. The van der Waals surface area contributed by atoms with Crippen molar-refractivity contribution in [3.05, 3.63) is 52.0 Å². The van der Waals surface area contributed by atoms with Gasteiger partial charge in [-0.3, -0.25) is 13.9 Å². The van der Waals surface area contributed by atoms with Crippen LogP contribution in [0.25, 0.3) is 0 Å². The van der Waals surface area contributed by atoms with Crippen LogP contribution < -0.4 is 19.1 Å². The molecule has 2 aromatic rings.